The van der Waals surface area contributed by atoms with Crippen molar-refractivity contribution in [3.8, 4) is 22.8 Å². The molecule has 1 aliphatic rings. The molecule has 1 amide bonds. The number of allylic oxidation sites excluding steroid dienone is 1. The van der Waals surface area contributed by atoms with Gasteiger partial charge in [-0.05, 0) is 66.6 Å². The lowest BCUT2D eigenvalue weighted by Crippen LogP contribution is -2.26. The molecule has 2 heterocycles. The second-order valence-corrected chi connectivity index (χ2v) is 8.82. The maximum Gasteiger partial charge on any atom is 0.254 e. The van der Waals surface area contributed by atoms with E-state index >= 15 is 0 Å². The number of nitrogens with two attached hydrogens (primary N) is 1. The number of carbonyl (C=O) groups is 2. The molecule has 4 N–H and O–H groups in total. The molecule has 38 heavy (non-hydrogen) atoms. The number of hydrogen-bond donors (Lipinski definition) is 3. The van der Waals surface area contributed by atoms with Gasteiger partial charge in [0.15, 0.2) is 0 Å². The SMILES string of the molecule is C=CC=O.CNc1cc(C2CCNc3c(C(N)=O)c(-c4ccc(Oc5ccccc5)cc4)nn32)ccc1Cl. The third-order valence-electron chi connectivity index (χ3n) is 6.01. The molecule has 3 aromatic carbocycles. The van der Waals surface area contributed by atoms with Gasteiger partial charge in [-0.2, -0.15) is 5.10 Å². The van der Waals surface area contributed by atoms with E-state index in [0.29, 0.717) is 40.7 Å². The van der Waals surface area contributed by atoms with Crippen LogP contribution in [0.4, 0.5) is 11.5 Å². The highest BCUT2D eigenvalue weighted by Crippen LogP contribution is 2.38. The maximum absolute atomic E-state index is 12.5. The molecule has 8 nitrogen and oxygen atoms in total. The van der Waals surface area contributed by atoms with Gasteiger partial charge < -0.3 is 21.1 Å². The van der Waals surface area contributed by atoms with Crippen LogP contribution in [0.1, 0.15) is 28.4 Å². The van der Waals surface area contributed by atoms with Crippen LogP contribution >= 0.6 is 11.6 Å². The molecular formula is C29H28ClN5O3. The number of aromatic nitrogens is 2. The van der Waals surface area contributed by atoms with Crippen molar-refractivity contribution in [2.75, 3.05) is 24.2 Å². The van der Waals surface area contributed by atoms with Gasteiger partial charge in [0, 0.05) is 19.2 Å². The van der Waals surface area contributed by atoms with E-state index in [4.69, 9.17) is 32.0 Å². The van der Waals surface area contributed by atoms with Crippen LogP contribution in [0.2, 0.25) is 5.02 Å². The number of rotatable bonds is 7. The molecule has 1 aliphatic heterocycles. The summed E-state index contributed by atoms with van der Waals surface area (Å²) in [5, 5.41) is 11.9. The Balaban J connectivity index is 0.000000786. The van der Waals surface area contributed by atoms with Crippen molar-refractivity contribution in [2.45, 2.75) is 12.5 Å². The Labute approximate surface area is 226 Å². The molecule has 0 spiro atoms. The van der Waals surface area contributed by atoms with Crippen LogP contribution in [0.25, 0.3) is 11.3 Å². The van der Waals surface area contributed by atoms with Crippen molar-refractivity contribution in [3.05, 3.63) is 102 Å². The van der Waals surface area contributed by atoms with Crippen molar-refractivity contribution < 1.29 is 14.3 Å². The minimum Gasteiger partial charge on any atom is -0.457 e. The number of halogens is 1. The second-order valence-electron chi connectivity index (χ2n) is 8.41. The summed E-state index contributed by atoms with van der Waals surface area (Å²) < 4.78 is 7.75. The van der Waals surface area contributed by atoms with E-state index in [9.17, 15) is 4.79 Å². The minimum atomic E-state index is -0.527. The van der Waals surface area contributed by atoms with E-state index in [1.807, 2.05) is 84.5 Å². The average molecular weight is 530 g/mol. The zero-order valence-electron chi connectivity index (χ0n) is 20.9. The fourth-order valence-corrected chi connectivity index (χ4v) is 4.48. The van der Waals surface area contributed by atoms with E-state index in [1.165, 1.54) is 6.08 Å². The van der Waals surface area contributed by atoms with E-state index in [1.54, 1.807) is 0 Å². The number of fused-ring (bicyclic) bond motifs is 1. The average Bonchev–Trinajstić information content (AvgIpc) is 3.35. The summed E-state index contributed by atoms with van der Waals surface area (Å²) in [5.74, 6) is 1.54. The van der Waals surface area contributed by atoms with Gasteiger partial charge in [-0.25, -0.2) is 4.68 Å². The molecule has 0 saturated carbocycles. The summed E-state index contributed by atoms with van der Waals surface area (Å²) >= 11 is 6.28. The highest BCUT2D eigenvalue weighted by Gasteiger charge is 2.30. The van der Waals surface area contributed by atoms with Gasteiger partial charge in [0.25, 0.3) is 5.91 Å². The van der Waals surface area contributed by atoms with Crippen LogP contribution in [0.3, 0.4) is 0 Å². The first-order chi connectivity index (χ1) is 18.5. The van der Waals surface area contributed by atoms with Gasteiger partial charge in [0.1, 0.15) is 34.9 Å². The van der Waals surface area contributed by atoms with Crippen molar-refractivity contribution in [1.29, 1.82) is 0 Å². The molecule has 5 rings (SSSR count). The Morgan fingerprint density at radius 2 is 1.84 bits per heavy atom. The molecule has 0 saturated heterocycles. The van der Waals surface area contributed by atoms with Gasteiger partial charge in [-0.3, -0.25) is 9.59 Å². The van der Waals surface area contributed by atoms with Crippen LogP contribution in [0.15, 0.2) is 85.5 Å². The van der Waals surface area contributed by atoms with Crippen molar-refractivity contribution in [1.82, 2.24) is 9.78 Å². The highest BCUT2D eigenvalue weighted by molar-refractivity contribution is 6.33. The molecular weight excluding hydrogens is 502 g/mol. The van der Waals surface area contributed by atoms with Crippen molar-refractivity contribution in [3.63, 3.8) is 0 Å². The first kappa shape index (κ1) is 26.5. The fourth-order valence-electron chi connectivity index (χ4n) is 4.27. The molecule has 0 aliphatic carbocycles. The van der Waals surface area contributed by atoms with Gasteiger partial charge >= 0.3 is 0 Å². The van der Waals surface area contributed by atoms with Crippen LogP contribution in [-0.2, 0) is 4.79 Å². The Kier molecular flexibility index (Phi) is 8.45. The molecule has 1 atom stereocenters. The zero-order chi connectivity index (χ0) is 27.1. The quantitative estimate of drug-likeness (QED) is 0.203. The zero-order valence-corrected chi connectivity index (χ0v) is 21.6. The Morgan fingerprint density at radius 1 is 1.16 bits per heavy atom. The summed E-state index contributed by atoms with van der Waals surface area (Å²) in [5.41, 5.74) is 9.41. The number of hydrogen-bond acceptors (Lipinski definition) is 6. The van der Waals surface area contributed by atoms with Crippen LogP contribution in [-0.4, -0.2) is 35.6 Å². The minimum absolute atomic E-state index is 0.0619. The number of amides is 1. The normalized spacial score (nSPS) is 13.7. The van der Waals surface area contributed by atoms with Crippen molar-refractivity contribution >= 4 is 35.3 Å². The molecule has 1 aromatic heterocycles. The largest absolute Gasteiger partial charge is 0.457 e. The third-order valence-corrected chi connectivity index (χ3v) is 6.34. The van der Waals surface area contributed by atoms with Crippen LogP contribution in [0, 0.1) is 0 Å². The molecule has 0 radical (unpaired) electrons. The van der Waals surface area contributed by atoms with E-state index < -0.39 is 5.91 Å². The molecule has 9 heteroatoms. The summed E-state index contributed by atoms with van der Waals surface area (Å²) in [6.07, 6.45) is 2.64. The molecule has 0 bridgehead atoms. The predicted octanol–water partition coefficient (Wildman–Crippen LogP) is 5.91. The summed E-state index contributed by atoms with van der Waals surface area (Å²) in [7, 11) is 1.83. The molecule has 1 unspecified atom stereocenters. The van der Waals surface area contributed by atoms with Crippen LogP contribution < -0.4 is 21.1 Å². The number of aldehydes is 1. The lowest BCUT2D eigenvalue weighted by atomic mass is 10.0. The van der Waals surface area contributed by atoms with Crippen LogP contribution in [0.5, 0.6) is 11.5 Å². The van der Waals surface area contributed by atoms with E-state index in [0.717, 1.165) is 29.0 Å². The lowest BCUT2D eigenvalue weighted by Gasteiger charge is -2.27. The third kappa shape index (κ3) is 5.71. The Hall–Kier alpha value is -4.56. The lowest BCUT2D eigenvalue weighted by molar-refractivity contribution is -0.104. The van der Waals surface area contributed by atoms with E-state index in [2.05, 4.69) is 17.2 Å². The monoisotopic (exact) mass is 529 g/mol. The second kappa shape index (κ2) is 12.1. The first-order valence-corrected chi connectivity index (χ1v) is 12.4. The highest BCUT2D eigenvalue weighted by atomic mass is 35.5. The fraction of sp³-hybridized carbons (Fsp3) is 0.138. The predicted molar refractivity (Wildman–Crippen MR) is 151 cm³/mol. The van der Waals surface area contributed by atoms with E-state index in [-0.39, 0.29) is 6.04 Å². The van der Waals surface area contributed by atoms with Gasteiger partial charge in [0.05, 0.1) is 16.8 Å². The van der Waals surface area contributed by atoms with Crippen molar-refractivity contribution in [2.24, 2.45) is 5.73 Å². The summed E-state index contributed by atoms with van der Waals surface area (Å²) in [4.78, 5) is 21.6. The number of nitrogens with one attached hydrogen (secondary N) is 2. The molecule has 0 fully saturated rings. The Morgan fingerprint density at radius 3 is 2.47 bits per heavy atom. The Bertz CT molecular complexity index is 1430. The molecule has 4 aromatic rings. The number of primary amides is 1. The summed E-state index contributed by atoms with van der Waals surface area (Å²) in [6.45, 7) is 3.80. The maximum atomic E-state index is 12.5. The number of benzene rings is 3. The number of carbonyl (C=O) groups excluding carboxylic acids is 2. The van der Waals surface area contributed by atoms with Gasteiger partial charge in [-0.1, -0.05) is 42.4 Å². The molecule has 194 valence electrons. The number of ether oxygens (including phenoxy) is 1. The smallest absolute Gasteiger partial charge is 0.254 e. The first-order valence-electron chi connectivity index (χ1n) is 12.0. The van der Waals surface area contributed by atoms with Gasteiger partial charge in [0.2, 0.25) is 0 Å². The number of anilines is 2. The number of para-hydroxylation sites is 1. The number of nitrogens with zero attached hydrogens (tertiary/aromatic N) is 2. The van der Waals surface area contributed by atoms with Gasteiger partial charge in [-0.15, -0.1) is 0 Å². The topological polar surface area (TPSA) is 111 Å². The summed E-state index contributed by atoms with van der Waals surface area (Å²) in [6, 6.07) is 22.9. The standard InChI is InChI=1S/C26H24ClN5O2.C3H4O/c1-29-21-15-17(9-12-20(21)27)22-13-14-30-26-23(25(28)33)24(31-32(22)26)16-7-10-19(11-8-16)34-18-5-3-2-4-6-18;1-2-3-4/h2-12,15,22,29-30H,13-14H2,1H3,(H2,28,33);2-3H,1H2.